The monoisotopic (exact) mass is 421 g/mol. The van der Waals surface area contributed by atoms with Crippen molar-refractivity contribution in [1.82, 2.24) is 24.9 Å². The third kappa shape index (κ3) is 4.17. The molecule has 0 fully saturated rings. The molecule has 0 saturated heterocycles. The van der Waals surface area contributed by atoms with E-state index in [1.807, 2.05) is 91.0 Å². The topological polar surface area (TPSA) is 64.5 Å². The van der Waals surface area contributed by atoms with Gasteiger partial charge in [-0.05, 0) is 0 Å². The summed E-state index contributed by atoms with van der Waals surface area (Å²) in [6, 6.07) is 31.0. The predicted molar refractivity (Wildman–Crippen MR) is 122 cm³/mol. The summed E-state index contributed by atoms with van der Waals surface area (Å²) in [5.74, 6) is 2.10. The van der Waals surface area contributed by atoms with Gasteiger partial charge in [0.05, 0.1) is 0 Å². The van der Waals surface area contributed by atoms with Crippen LogP contribution < -0.4 is 0 Å². The van der Waals surface area contributed by atoms with Crippen LogP contribution in [0.25, 0.3) is 45.7 Å². The van der Waals surface area contributed by atoms with Crippen molar-refractivity contribution in [2.24, 2.45) is 0 Å². The van der Waals surface area contributed by atoms with E-state index in [1.54, 1.807) is 6.07 Å². The van der Waals surface area contributed by atoms with Crippen molar-refractivity contribution in [3.05, 3.63) is 102 Å². The molecule has 5 aromatic rings. The Morgan fingerprint density at radius 1 is 0.419 bits per heavy atom. The molecule has 0 amide bonds. The first-order chi connectivity index (χ1) is 15.3. The maximum atomic E-state index is 6.34. The van der Waals surface area contributed by atoms with Crippen molar-refractivity contribution < 1.29 is 0 Å². The van der Waals surface area contributed by atoms with Crippen LogP contribution in [-0.4, -0.2) is 24.9 Å². The van der Waals surface area contributed by atoms with E-state index in [-0.39, 0.29) is 0 Å². The quantitative estimate of drug-likeness (QED) is 0.334. The average molecular weight is 422 g/mol. The number of hydrogen-bond acceptors (Lipinski definition) is 5. The molecule has 0 atom stereocenters. The molecular weight excluding hydrogens is 406 g/mol. The minimum absolute atomic E-state index is 0.326. The van der Waals surface area contributed by atoms with Crippen LogP contribution in [0.4, 0.5) is 0 Å². The molecule has 0 aliphatic carbocycles. The molecule has 5 rings (SSSR count). The molecule has 5 nitrogen and oxygen atoms in total. The lowest BCUT2D eigenvalue weighted by Gasteiger charge is -2.09. The standard InChI is InChI=1S/C25H16ClN5/c26-21-16-20(27-22(28-21)17-10-4-1-5-11-17)25-30-23(18-12-6-2-7-13-18)29-24(31-25)19-14-8-3-9-15-19/h1-16H. The van der Waals surface area contributed by atoms with Crippen LogP contribution in [0, 0.1) is 0 Å². The zero-order valence-corrected chi connectivity index (χ0v) is 17.1. The second kappa shape index (κ2) is 8.42. The van der Waals surface area contributed by atoms with E-state index in [0.29, 0.717) is 34.1 Å². The van der Waals surface area contributed by atoms with E-state index < -0.39 is 0 Å². The highest BCUT2D eigenvalue weighted by Crippen LogP contribution is 2.26. The van der Waals surface area contributed by atoms with E-state index in [0.717, 1.165) is 16.7 Å². The molecule has 3 aromatic carbocycles. The SMILES string of the molecule is Clc1cc(-c2nc(-c3ccccc3)nc(-c3ccccc3)n2)nc(-c2ccccc2)n1. The van der Waals surface area contributed by atoms with Gasteiger partial charge in [0.25, 0.3) is 0 Å². The molecule has 148 valence electrons. The van der Waals surface area contributed by atoms with Gasteiger partial charge in [0.1, 0.15) is 10.8 Å². The van der Waals surface area contributed by atoms with E-state index in [1.165, 1.54) is 0 Å². The number of nitrogens with zero attached hydrogens (tertiary/aromatic N) is 5. The Balaban J connectivity index is 1.70. The Kier molecular flexibility index (Phi) is 5.17. The third-order valence-electron chi connectivity index (χ3n) is 4.66. The first kappa shape index (κ1) is 19.0. The molecular formula is C25H16ClN5. The van der Waals surface area contributed by atoms with E-state index in [9.17, 15) is 0 Å². The highest BCUT2D eigenvalue weighted by molar-refractivity contribution is 6.29. The zero-order chi connectivity index (χ0) is 21.0. The molecule has 0 aliphatic rings. The van der Waals surface area contributed by atoms with Crippen molar-refractivity contribution in [1.29, 1.82) is 0 Å². The van der Waals surface area contributed by atoms with Gasteiger partial charge in [-0.1, -0.05) is 103 Å². The van der Waals surface area contributed by atoms with Gasteiger partial charge in [0.15, 0.2) is 23.3 Å². The first-order valence-electron chi connectivity index (χ1n) is 9.73. The summed E-state index contributed by atoms with van der Waals surface area (Å²) in [6.45, 7) is 0. The lowest BCUT2D eigenvalue weighted by atomic mass is 10.2. The molecule has 0 unspecified atom stereocenters. The zero-order valence-electron chi connectivity index (χ0n) is 16.4. The smallest absolute Gasteiger partial charge is 0.182 e. The van der Waals surface area contributed by atoms with Gasteiger partial charge in [-0.3, -0.25) is 0 Å². The fourth-order valence-corrected chi connectivity index (χ4v) is 3.36. The normalized spacial score (nSPS) is 10.7. The first-order valence-corrected chi connectivity index (χ1v) is 10.1. The summed E-state index contributed by atoms with van der Waals surface area (Å²) in [6.07, 6.45) is 0. The molecule has 0 saturated carbocycles. The second-order valence-corrected chi connectivity index (χ2v) is 7.19. The maximum Gasteiger partial charge on any atom is 0.182 e. The van der Waals surface area contributed by atoms with Gasteiger partial charge in [-0.2, -0.15) is 0 Å². The minimum Gasteiger partial charge on any atom is -0.225 e. The van der Waals surface area contributed by atoms with Gasteiger partial charge in [0.2, 0.25) is 0 Å². The van der Waals surface area contributed by atoms with Crippen LogP contribution in [0.3, 0.4) is 0 Å². The average Bonchev–Trinajstić information content (AvgIpc) is 2.85. The summed E-state index contributed by atoms with van der Waals surface area (Å²) in [4.78, 5) is 23.2. The van der Waals surface area contributed by atoms with Crippen LogP contribution in [0.5, 0.6) is 0 Å². The Bertz CT molecular complexity index is 1270. The summed E-state index contributed by atoms with van der Waals surface area (Å²) in [5.41, 5.74) is 3.20. The van der Waals surface area contributed by atoms with Crippen molar-refractivity contribution in [2.45, 2.75) is 0 Å². The van der Waals surface area contributed by atoms with Crippen molar-refractivity contribution >= 4 is 11.6 Å². The van der Waals surface area contributed by atoms with Crippen molar-refractivity contribution in [2.75, 3.05) is 0 Å². The number of rotatable bonds is 4. The Hall–Kier alpha value is -3.96. The number of hydrogen-bond donors (Lipinski definition) is 0. The van der Waals surface area contributed by atoms with Gasteiger partial charge in [-0.25, -0.2) is 24.9 Å². The molecule has 0 N–H and O–H groups in total. The van der Waals surface area contributed by atoms with Crippen molar-refractivity contribution in [3.8, 4) is 45.7 Å². The van der Waals surface area contributed by atoms with E-state index in [4.69, 9.17) is 31.5 Å². The number of benzene rings is 3. The molecule has 0 radical (unpaired) electrons. The summed E-state index contributed by atoms with van der Waals surface area (Å²) < 4.78 is 0. The fourth-order valence-electron chi connectivity index (χ4n) is 3.17. The van der Waals surface area contributed by atoms with Gasteiger partial charge in [0, 0.05) is 22.8 Å². The van der Waals surface area contributed by atoms with E-state index in [2.05, 4.69) is 4.98 Å². The molecule has 0 spiro atoms. The second-order valence-electron chi connectivity index (χ2n) is 6.80. The van der Waals surface area contributed by atoms with Gasteiger partial charge >= 0.3 is 0 Å². The maximum absolute atomic E-state index is 6.34. The molecule has 0 bridgehead atoms. The van der Waals surface area contributed by atoms with E-state index >= 15 is 0 Å². The Morgan fingerprint density at radius 3 is 1.26 bits per heavy atom. The lowest BCUT2D eigenvalue weighted by molar-refractivity contribution is 1.05. The van der Waals surface area contributed by atoms with Gasteiger partial charge < -0.3 is 0 Å². The lowest BCUT2D eigenvalue weighted by Crippen LogP contribution is -2.02. The largest absolute Gasteiger partial charge is 0.225 e. The Labute approximate surface area is 184 Å². The van der Waals surface area contributed by atoms with Crippen LogP contribution in [0.1, 0.15) is 0 Å². The molecule has 31 heavy (non-hydrogen) atoms. The summed E-state index contributed by atoms with van der Waals surface area (Å²) in [7, 11) is 0. The molecule has 0 aliphatic heterocycles. The Morgan fingerprint density at radius 2 is 0.806 bits per heavy atom. The van der Waals surface area contributed by atoms with Gasteiger partial charge in [-0.15, -0.1) is 0 Å². The van der Waals surface area contributed by atoms with Crippen molar-refractivity contribution in [3.63, 3.8) is 0 Å². The fraction of sp³-hybridized carbons (Fsp3) is 0. The minimum atomic E-state index is 0.326. The summed E-state index contributed by atoms with van der Waals surface area (Å²) >= 11 is 6.34. The number of halogens is 1. The van der Waals surface area contributed by atoms with Crippen LogP contribution in [0.15, 0.2) is 97.1 Å². The van der Waals surface area contributed by atoms with Crippen LogP contribution >= 0.6 is 11.6 Å². The third-order valence-corrected chi connectivity index (χ3v) is 4.85. The highest BCUT2D eigenvalue weighted by atomic mass is 35.5. The summed E-state index contributed by atoms with van der Waals surface area (Å²) in [5, 5.41) is 0.326. The predicted octanol–water partition coefficient (Wildman–Crippen LogP) is 5.98. The molecule has 2 aromatic heterocycles. The van der Waals surface area contributed by atoms with Crippen LogP contribution in [0.2, 0.25) is 5.15 Å². The molecule has 2 heterocycles. The molecule has 6 heteroatoms. The van der Waals surface area contributed by atoms with Crippen LogP contribution in [-0.2, 0) is 0 Å². The highest BCUT2D eigenvalue weighted by Gasteiger charge is 2.15. The number of aromatic nitrogens is 5.